The summed E-state index contributed by atoms with van der Waals surface area (Å²) >= 11 is 0. The molecule has 16 bridgehead atoms. The molecular weight excluding hydrogens is 1810 g/mol. The van der Waals surface area contributed by atoms with Gasteiger partial charge in [-0.05, 0) is 99.9 Å². The summed E-state index contributed by atoms with van der Waals surface area (Å²) in [5.74, 6) is -0.830. The Morgan fingerprint density at radius 2 is 0.326 bits per heavy atom. The third-order valence-electron chi connectivity index (χ3n) is 29.4. The summed E-state index contributed by atoms with van der Waals surface area (Å²) in [5.41, 5.74) is 19.5. The third kappa shape index (κ3) is 19.8. The molecule has 8 aromatic carbocycles. The summed E-state index contributed by atoms with van der Waals surface area (Å²) in [4.78, 5) is 107. The van der Waals surface area contributed by atoms with Crippen LogP contribution in [0, 0.1) is 0 Å². The Balaban J connectivity index is 0.000000113. The number of ether oxygens (including phenoxy) is 7. The molecule has 0 fully saturated rings. The number of nitrogens with zero attached hydrogens (tertiary/aromatic N) is 8. The Bertz CT molecular complexity index is 7340. The molecule has 8 aliphatic rings. The first-order valence-corrected chi connectivity index (χ1v) is 51.4. The number of hydrogen-bond acceptors (Lipinski definition) is 16. The number of aryl methyl sites for hydroxylation is 4. The average molecular weight is 1930 g/mol. The Labute approximate surface area is 834 Å². The normalized spacial score (nSPS) is 18.4. The molecule has 0 amide bonds. The van der Waals surface area contributed by atoms with Crippen LogP contribution in [-0.2, 0) is 124 Å². The van der Waals surface area contributed by atoms with E-state index in [9.17, 15) is 43.5 Å². The van der Waals surface area contributed by atoms with Crippen LogP contribution in [0.2, 0.25) is 0 Å². The van der Waals surface area contributed by atoms with Gasteiger partial charge in [0, 0.05) is 278 Å². The highest BCUT2D eigenvalue weighted by molar-refractivity contribution is 6.55. The molecular formula is C120H120N8O16. The molecule has 144 heavy (non-hydrogen) atoms. The summed E-state index contributed by atoms with van der Waals surface area (Å²) < 4.78 is 57.4. The van der Waals surface area contributed by atoms with Crippen LogP contribution in [0.25, 0.3) is 132 Å². The van der Waals surface area contributed by atoms with Gasteiger partial charge in [0.15, 0.2) is 46.3 Å². The molecule has 0 unspecified atom stereocenters. The van der Waals surface area contributed by atoms with Crippen molar-refractivity contribution in [3.05, 3.63) is 288 Å². The first-order chi connectivity index (χ1) is 70.8. The van der Waals surface area contributed by atoms with Crippen molar-refractivity contribution in [3.63, 3.8) is 0 Å². The lowest BCUT2D eigenvalue weighted by atomic mass is 9.95. The standard InChI is InChI=1S/C31H32N2O6.C30H30N2O3.C30H30N2O2.C29H28N2O5/c34-28-19-29(35)31-25-21-33(27-8-4-2-6-23(25)27)10-12-37-14-16-39-18-17-38-15-13-36-11-9-32-20-24(30(28)31)22-5-1-3-7-26(22)32;33-20-9-5-7-15-31-18-23(21-11-1-3-13-25(21)31)29-27(34)17-28(35)30(29)24-19-32(16-8-6-10-20)26-14-4-2-12-22(24)26;33-27-18-28(34)30-24-20-32(26-15-9-7-13-22(24)26)17-11-5-3-1-2-4-10-16-31-19-23(29(27)30)21-12-6-8-14-25(21)31;32-26-17-27(33)29-23-19-31(25-8-4-2-6-21(23)25)10-12-35-14-16-36-15-13-34-11-9-30-18-22(28(26)29)20-5-1-3-7-24(20)30/h1-8,20-21H,9-19H2;1-4,11-14,18-20,33H,5-10,15-17H2;6-9,12-15,19-20H,1-5,10-11,16-18H2;1-8,18-19H,9-17H2. The summed E-state index contributed by atoms with van der Waals surface area (Å²) in [6.45, 7) is 13.1. The number of fused-ring (bicyclic) bond motifs is 48. The summed E-state index contributed by atoms with van der Waals surface area (Å²) in [7, 11) is 0. The Kier molecular flexibility index (Phi) is 29.5. The fourth-order valence-electron chi connectivity index (χ4n) is 22.6. The van der Waals surface area contributed by atoms with Gasteiger partial charge in [-0.1, -0.05) is 178 Å². The van der Waals surface area contributed by atoms with E-state index >= 15 is 0 Å². The molecule has 24 nitrogen and oxygen atoms in total. The van der Waals surface area contributed by atoms with Gasteiger partial charge in [-0.3, -0.25) is 38.4 Å². The zero-order valence-electron chi connectivity index (χ0n) is 81.4. The molecule has 24 rings (SSSR count). The second-order valence-corrected chi connectivity index (χ2v) is 38.5. The van der Waals surface area contributed by atoms with Gasteiger partial charge in [0.2, 0.25) is 0 Å². The van der Waals surface area contributed by atoms with Gasteiger partial charge in [-0.25, -0.2) is 0 Å². The summed E-state index contributed by atoms with van der Waals surface area (Å²) in [6.07, 6.45) is 29.7. The van der Waals surface area contributed by atoms with Crippen LogP contribution >= 0.6 is 0 Å². The Morgan fingerprint density at radius 1 is 0.181 bits per heavy atom. The van der Waals surface area contributed by atoms with Crippen molar-refractivity contribution in [2.24, 2.45) is 0 Å². The zero-order valence-corrected chi connectivity index (χ0v) is 81.4. The minimum atomic E-state index is -0.264. The number of rotatable bonds is 0. The van der Waals surface area contributed by atoms with E-state index in [1.165, 1.54) is 32.1 Å². The average Bonchev–Trinajstić information content (AvgIpc) is 1.59. The number of ketones is 8. The van der Waals surface area contributed by atoms with Gasteiger partial charge in [0.1, 0.15) is 0 Å². The van der Waals surface area contributed by atoms with Crippen LogP contribution in [0.5, 0.6) is 0 Å². The quantitative estimate of drug-likeness (QED) is 0.138. The summed E-state index contributed by atoms with van der Waals surface area (Å²) in [6, 6.07) is 64.9. The second-order valence-electron chi connectivity index (χ2n) is 38.5. The molecule has 12 heterocycles. The molecule has 0 atom stereocenters. The van der Waals surface area contributed by atoms with Crippen LogP contribution in [0.4, 0.5) is 0 Å². The number of Topliss-reactive ketones (excluding diaryl/α,β-unsaturated/α-hetero) is 8. The van der Waals surface area contributed by atoms with Crippen LogP contribution in [0.3, 0.4) is 0 Å². The SMILES string of the molecule is O=C1CC(=O)C2=C1c1cn(c3ccccc13)CCCCC(O)CCCCn1cc2c2ccccc21.O=C1CC(=O)C2=C1c1cn(c3ccccc13)CCCCCCCCCn1cc2c2ccccc21.O=C1CC(=O)C2=C1c1cn(c3ccccc13)CCOCCOCCOCCOCCn1cc2c2ccccc21.O=C1CC(=O)C2=C1c1cn(c3ccccc13)CCOCCOCCOCCn1cc2c2ccccc21. The van der Waals surface area contributed by atoms with Gasteiger partial charge in [-0.15, -0.1) is 0 Å². The number of aliphatic hydroxyl groups is 1. The van der Waals surface area contributed by atoms with E-state index in [-0.39, 0.29) is 78.1 Å². The van der Waals surface area contributed by atoms with Crippen molar-refractivity contribution < 1.29 is 76.6 Å². The molecule has 736 valence electrons. The molecule has 16 aromatic rings. The molecule has 8 aromatic heterocycles. The molecule has 4 aliphatic heterocycles. The van der Waals surface area contributed by atoms with Gasteiger partial charge >= 0.3 is 0 Å². The largest absolute Gasteiger partial charge is 0.393 e. The molecule has 24 heteroatoms. The molecule has 0 saturated heterocycles. The molecule has 4 aliphatic carbocycles. The van der Waals surface area contributed by atoms with Gasteiger partial charge in [0.25, 0.3) is 0 Å². The monoisotopic (exact) mass is 1930 g/mol. The first-order valence-electron chi connectivity index (χ1n) is 51.4. The molecule has 0 saturated carbocycles. The maximum atomic E-state index is 13.4. The van der Waals surface area contributed by atoms with Crippen molar-refractivity contribution in [3.8, 4) is 0 Å². The predicted molar refractivity (Wildman–Crippen MR) is 563 cm³/mol. The topological polar surface area (TPSA) is 261 Å². The lowest BCUT2D eigenvalue weighted by Crippen LogP contribution is -2.14. The van der Waals surface area contributed by atoms with Crippen LogP contribution in [0.1, 0.15) is 154 Å². The van der Waals surface area contributed by atoms with Crippen LogP contribution < -0.4 is 0 Å². The predicted octanol–water partition coefficient (Wildman–Crippen LogP) is 20.8. The number of allylic oxidation sites excluding steroid dienone is 8. The highest BCUT2D eigenvalue weighted by Gasteiger charge is 2.41. The number of aliphatic hydroxyl groups excluding tert-OH is 1. The van der Waals surface area contributed by atoms with Crippen molar-refractivity contribution in [1.29, 1.82) is 0 Å². The zero-order chi connectivity index (χ0) is 98.1. The van der Waals surface area contributed by atoms with E-state index in [1.54, 1.807) is 0 Å². The first kappa shape index (κ1) is 96.2. The maximum Gasteiger partial charge on any atom is 0.172 e. The molecule has 0 radical (unpaired) electrons. The van der Waals surface area contributed by atoms with Crippen molar-refractivity contribution in [2.75, 3.05) is 92.5 Å². The summed E-state index contributed by atoms with van der Waals surface area (Å²) in [5, 5.41) is 18.4. The number of carbonyl (C=O) groups excluding carboxylic acids is 8. The van der Waals surface area contributed by atoms with Crippen LogP contribution in [-0.4, -0.2) is 187 Å². The minimum Gasteiger partial charge on any atom is -0.393 e. The highest BCUT2D eigenvalue weighted by atomic mass is 16.6. The van der Waals surface area contributed by atoms with E-state index < -0.39 is 0 Å². The highest BCUT2D eigenvalue weighted by Crippen LogP contribution is 2.48. The van der Waals surface area contributed by atoms with Crippen LogP contribution in [0.15, 0.2) is 244 Å². The van der Waals surface area contributed by atoms with Crippen molar-refractivity contribution in [1.82, 2.24) is 36.5 Å². The number of carbonyl (C=O) groups is 8. The number of hydrogen-bond donors (Lipinski definition) is 1. The number of benzene rings is 8. The van der Waals surface area contributed by atoms with E-state index in [4.69, 9.17) is 33.2 Å². The van der Waals surface area contributed by atoms with Gasteiger partial charge in [-0.2, -0.15) is 0 Å². The fourth-order valence-corrected chi connectivity index (χ4v) is 22.6. The van der Waals surface area contributed by atoms with Gasteiger partial charge in [0.05, 0.1) is 124 Å². The van der Waals surface area contributed by atoms with Crippen molar-refractivity contribution >= 4 is 178 Å². The Hall–Kier alpha value is -13.9. The number of para-hydroxylation sites is 8. The smallest absolute Gasteiger partial charge is 0.172 e. The van der Waals surface area contributed by atoms with E-state index in [0.29, 0.717) is 163 Å². The Morgan fingerprint density at radius 3 is 0.507 bits per heavy atom. The van der Waals surface area contributed by atoms with E-state index in [2.05, 4.69) is 110 Å². The van der Waals surface area contributed by atoms with Crippen molar-refractivity contribution in [2.45, 2.75) is 168 Å². The third-order valence-corrected chi connectivity index (χ3v) is 29.4. The molecule has 1 N–H and O–H groups in total. The fraction of sp³-hybridized carbons (Fsp3) is 0.333. The van der Waals surface area contributed by atoms with Gasteiger partial charge < -0.3 is 74.8 Å². The van der Waals surface area contributed by atoms with E-state index in [0.717, 1.165) is 209 Å². The minimum absolute atomic E-state index is 0.0380. The lowest BCUT2D eigenvalue weighted by Gasteiger charge is -2.11. The van der Waals surface area contributed by atoms with E-state index in [1.807, 2.05) is 170 Å². The lowest BCUT2D eigenvalue weighted by molar-refractivity contribution is -0.121. The second kappa shape index (κ2) is 44.1. The molecule has 0 spiro atoms. The number of aromatic nitrogens is 8. The maximum absolute atomic E-state index is 13.4.